The molecule has 3 amide bonds. The molecule has 8 heteroatoms. The van der Waals surface area contributed by atoms with Crippen molar-refractivity contribution in [1.29, 1.82) is 0 Å². The summed E-state index contributed by atoms with van der Waals surface area (Å²) in [6, 6.07) is 10.7. The lowest BCUT2D eigenvalue weighted by molar-refractivity contribution is -0.134. The summed E-state index contributed by atoms with van der Waals surface area (Å²) in [7, 11) is 0. The molecule has 0 spiro atoms. The Hall–Kier alpha value is -3.06. The summed E-state index contributed by atoms with van der Waals surface area (Å²) in [4.78, 5) is 38.4. The van der Waals surface area contributed by atoms with Crippen LogP contribution in [-0.4, -0.2) is 34.5 Å². The van der Waals surface area contributed by atoms with Gasteiger partial charge in [-0.05, 0) is 69.5 Å². The molecule has 7 nitrogen and oxygen atoms in total. The van der Waals surface area contributed by atoms with E-state index in [4.69, 9.17) is 21.1 Å². The number of nitrogens with one attached hydrogen (secondary N) is 1. The summed E-state index contributed by atoms with van der Waals surface area (Å²) in [6.45, 7) is 8.81. The maximum Gasteiger partial charge on any atom is 0.418 e. The maximum atomic E-state index is 12.8. The Labute approximate surface area is 192 Å². The molecular formula is C24H27ClN2O5. The quantitative estimate of drug-likeness (QED) is 0.630. The molecule has 0 saturated carbocycles. The summed E-state index contributed by atoms with van der Waals surface area (Å²) in [5.41, 5.74) is 1.85. The first kappa shape index (κ1) is 23.6. The average Bonchev–Trinajstić information content (AvgIpc) is 2.91. The number of ether oxygens (including phenoxy) is 2. The third kappa shape index (κ3) is 5.05. The third-order valence-electron chi connectivity index (χ3n) is 5.23. The molecule has 2 aromatic rings. The van der Waals surface area contributed by atoms with Gasteiger partial charge in [0.1, 0.15) is 5.75 Å². The second kappa shape index (κ2) is 9.20. The number of amides is 3. The monoisotopic (exact) mass is 458 g/mol. The van der Waals surface area contributed by atoms with Gasteiger partial charge in [0.2, 0.25) is 0 Å². The molecule has 1 saturated heterocycles. The molecule has 1 unspecified atom stereocenters. The van der Waals surface area contributed by atoms with Crippen LogP contribution in [-0.2, 0) is 20.9 Å². The van der Waals surface area contributed by atoms with Gasteiger partial charge in [-0.1, -0.05) is 36.2 Å². The van der Waals surface area contributed by atoms with Gasteiger partial charge >= 0.3 is 6.09 Å². The van der Waals surface area contributed by atoms with E-state index in [0.717, 1.165) is 16.0 Å². The number of cyclic esters (lactones) is 1. The van der Waals surface area contributed by atoms with Gasteiger partial charge in [-0.25, -0.2) is 9.69 Å². The van der Waals surface area contributed by atoms with Crippen LogP contribution in [0, 0.1) is 13.8 Å². The highest BCUT2D eigenvalue weighted by Crippen LogP contribution is 2.29. The number of benzene rings is 2. The van der Waals surface area contributed by atoms with Gasteiger partial charge in [-0.2, -0.15) is 0 Å². The number of nitrogens with zero attached hydrogens (tertiary/aromatic N) is 1. The Morgan fingerprint density at radius 2 is 1.91 bits per heavy atom. The number of carbonyl (C=O) groups excluding carboxylic acids is 3. The Kier molecular flexibility index (Phi) is 6.79. The molecule has 0 radical (unpaired) electrons. The summed E-state index contributed by atoms with van der Waals surface area (Å²) in [5, 5.41) is 3.20. The van der Waals surface area contributed by atoms with E-state index in [1.54, 1.807) is 18.2 Å². The van der Waals surface area contributed by atoms with Crippen LogP contribution in [0.1, 0.15) is 43.9 Å². The van der Waals surface area contributed by atoms with Crippen LogP contribution < -0.4 is 10.1 Å². The lowest BCUT2D eigenvalue weighted by atomic mass is 10.1. The van der Waals surface area contributed by atoms with E-state index in [1.165, 1.54) is 13.8 Å². The SMILES string of the molecule is CCC(Oc1ccc(C)cc1C)C(=O)Nc1ccc(Cl)c(CN2C(=O)OC(C)(C)C2=O)c1. The Balaban J connectivity index is 1.73. The van der Waals surface area contributed by atoms with Gasteiger partial charge in [-0.3, -0.25) is 9.59 Å². The molecule has 1 N–H and O–H groups in total. The minimum atomic E-state index is -1.21. The average molecular weight is 459 g/mol. The van der Waals surface area contributed by atoms with Crippen LogP contribution in [0.25, 0.3) is 0 Å². The second-order valence-electron chi connectivity index (χ2n) is 8.35. The van der Waals surface area contributed by atoms with E-state index in [1.807, 2.05) is 39.0 Å². The van der Waals surface area contributed by atoms with E-state index >= 15 is 0 Å². The van der Waals surface area contributed by atoms with Crippen molar-refractivity contribution >= 4 is 35.2 Å². The zero-order chi connectivity index (χ0) is 23.6. The summed E-state index contributed by atoms with van der Waals surface area (Å²) >= 11 is 6.28. The standard InChI is InChI=1S/C24H27ClN2O5/c1-6-19(31-20-10-7-14(2)11-15(20)3)21(28)26-17-8-9-18(25)16(12-17)13-27-22(29)24(4,5)32-23(27)30/h7-12,19H,6,13H2,1-5H3,(H,26,28). The van der Waals surface area contributed by atoms with E-state index < -0.39 is 23.7 Å². The molecule has 0 bridgehead atoms. The largest absolute Gasteiger partial charge is 0.480 e. The summed E-state index contributed by atoms with van der Waals surface area (Å²) in [6.07, 6.45) is -0.937. The molecule has 32 heavy (non-hydrogen) atoms. The van der Waals surface area contributed by atoms with Gasteiger partial charge in [0.15, 0.2) is 11.7 Å². The molecule has 170 valence electrons. The number of hydrogen-bond acceptors (Lipinski definition) is 5. The molecule has 2 aromatic carbocycles. The maximum absolute atomic E-state index is 12.8. The van der Waals surface area contributed by atoms with Crippen molar-refractivity contribution in [2.24, 2.45) is 0 Å². The Morgan fingerprint density at radius 1 is 1.19 bits per heavy atom. The number of carbonyl (C=O) groups is 3. The van der Waals surface area contributed by atoms with Gasteiger partial charge in [0.25, 0.3) is 11.8 Å². The zero-order valence-corrected chi connectivity index (χ0v) is 19.6. The van der Waals surface area contributed by atoms with Crippen LogP contribution in [0.3, 0.4) is 0 Å². The Morgan fingerprint density at radius 3 is 2.50 bits per heavy atom. The van der Waals surface area contributed by atoms with Crippen molar-refractivity contribution in [3.05, 3.63) is 58.1 Å². The molecule has 3 rings (SSSR count). The third-order valence-corrected chi connectivity index (χ3v) is 5.60. The molecular weight excluding hydrogens is 432 g/mol. The summed E-state index contributed by atoms with van der Waals surface area (Å²) in [5.74, 6) is -0.0949. The number of anilines is 1. The first-order chi connectivity index (χ1) is 15.0. The van der Waals surface area contributed by atoms with Crippen molar-refractivity contribution in [1.82, 2.24) is 4.90 Å². The van der Waals surface area contributed by atoms with Crippen molar-refractivity contribution in [3.8, 4) is 5.75 Å². The lowest BCUT2D eigenvalue weighted by Gasteiger charge is -2.19. The number of rotatable bonds is 7. The number of hydrogen-bond donors (Lipinski definition) is 1. The predicted octanol–water partition coefficient (Wildman–Crippen LogP) is 5.01. The Bertz CT molecular complexity index is 1070. The highest BCUT2D eigenvalue weighted by molar-refractivity contribution is 6.31. The molecule has 1 atom stereocenters. The van der Waals surface area contributed by atoms with Gasteiger partial charge in [0, 0.05) is 10.7 Å². The van der Waals surface area contributed by atoms with Crippen LogP contribution in [0.5, 0.6) is 5.75 Å². The normalized spacial score (nSPS) is 16.0. The molecule has 1 fully saturated rings. The first-order valence-electron chi connectivity index (χ1n) is 10.4. The fourth-order valence-electron chi connectivity index (χ4n) is 3.44. The van der Waals surface area contributed by atoms with E-state index in [0.29, 0.717) is 28.4 Å². The number of halogens is 1. The second-order valence-corrected chi connectivity index (χ2v) is 8.76. The first-order valence-corrected chi connectivity index (χ1v) is 10.8. The number of aryl methyl sites for hydroxylation is 2. The molecule has 1 heterocycles. The fraction of sp³-hybridized carbons (Fsp3) is 0.375. The van der Waals surface area contributed by atoms with Gasteiger partial charge in [0.05, 0.1) is 6.54 Å². The van der Waals surface area contributed by atoms with Crippen molar-refractivity contribution in [3.63, 3.8) is 0 Å². The number of imide groups is 1. The topological polar surface area (TPSA) is 84.9 Å². The molecule has 1 aliphatic heterocycles. The van der Waals surface area contributed by atoms with Gasteiger partial charge < -0.3 is 14.8 Å². The predicted molar refractivity (Wildman–Crippen MR) is 122 cm³/mol. The van der Waals surface area contributed by atoms with Crippen molar-refractivity contribution in [2.45, 2.75) is 59.3 Å². The van der Waals surface area contributed by atoms with Crippen molar-refractivity contribution < 1.29 is 23.9 Å². The molecule has 0 aromatic heterocycles. The van der Waals surface area contributed by atoms with Crippen LogP contribution >= 0.6 is 11.6 Å². The van der Waals surface area contributed by atoms with Crippen molar-refractivity contribution in [2.75, 3.05) is 5.32 Å². The van der Waals surface area contributed by atoms with Gasteiger partial charge in [-0.15, -0.1) is 0 Å². The van der Waals surface area contributed by atoms with Crippen LogP contribution in [0.4, 0.5) is 10.5 Å². The van der Waals surface area contributed by atoms with E-state index in [9.17, 15) is 14.4 Å². The van der Waals surface area contributed by atoms with Crippen LogP contribution in [0.15, 0.2) is 36.4 Å². The molecule has 1 aliphatic rings. The highest BCUT2D eigenvalue weighted by Gasteiger charge is 2.47. The highest BCUT2D eigenvalue weighted by atomic mass is 35.5. The summed E-state index contributed by atoms with van der Waals surface area (Å²) < 4.78 is 11.1. The lowest BCUT2D eigenvalue weighted by Crippen LogP contribution is -2.36. The minimum Gasteiger partial charge on any atom is -0.480 e. The smallest absolute Gasteiger partial charge is 0.418 e. The van der Waals surface area contributed by atoms with Crippen LogP contribution in [0.2, 0.25) is 5.02 Å². The molecule has 0 aliphatic carbocycles. The zero-order valence-electron chi connectivity index (χ0n) is 18.8. The minimum absolute atomic E-state index is 0.0556. The van der Waals surface area contributed by atoms with E-state index in [2.05, 4.69) is 5.32 Å². The van der Waals surface area contributed by atoms with E-state index in [-0.39, 0.29) is 12.5 Å². The fourth-order valence-corrected chi connectivity index (χ4v) is 3.61.